The van der Waals surface area contributed by atoms with E-state index in [2.05, 4.69) is 11.6 Å². The van der Waals surface area contributed by atoms with Crippen LogP contribution < -0.4 is 9.84 Å². The monoisotopic (exact) mass is 437 g/mol. The second-order valence-corrected chi connectivity index (χ2v) is 7.62. The van der Waals surface area contributed by atoms with Crippen LogP contribution in [0.3, 0.4) is 0 Å². The minimum Gasteiger partial charge on any atom is -0.870 e. The molecule has 1 saturated heterocycles. The van der Waals surface area contributed by atoms with Gasteiger partial charge in [-0.3, -0.25) is 9.69 Å². The first-order valence-electron chi connectivity index (χ1n) is 9.50. The minimum atomic E-state index is -1.05. The topological polar surface area (TPSA) is 102 Å². The van der Waals surface area contributed by atoms with Gasteiger partial charge in [-0.2, -0.15) is 0 Å². The highest BCUT2D eigenvalue weighted by atomic mass is 32.2. The molecular formula is C23H21N2O5S-. The summed E-state index contributed by atoms with van der Waals surface area (Å²) in [5.74, 6) is -1.26. The fourth-order valence-corrected chi connectivity index (χ4v) is 4.13. The fourth-order valence-electron chi connectivity index (χ4n) is 3.07. The first kappa shape index (κ1) is 22.2. The average Bonchev–Trinajstić information content (AvgIpc) is 3.04. The summed E-state index contributed by atoms with van der Waals surface area (Å²) in [6.07, 6.45) is 3.72. The molecule has 7 nitrogen and oxygen atoms in total. The van der Waals surface area contributed by atoms with Crippen molar-refractivity contribution >= 4 is 40.6 Å². The molecule has 0 unspecified atom stereocenters. The summed E-state index contributed by atoms with van der Waals surface area (Å²) < 4.78 is 5.19. The van der Waals surface area contributed by atoms with Gasteiger partial charge < -0.3 is 14.9 Å². The van der Waals surface area contributed by atoms with Gasteiger partial charge in [0, 0.05) is 6.54 Å². The molecule has 8 heteroatoms. The Kier molecular flexibility index (Phi) is 6.81. The molecule has 1 aliphatic rings. The van der Waals surface area contributed by atoms with E-state index < -0.39 is 5.97 Å². The molecule has 1 N–H and O–H groups in total. The standard InChI is InChI=1S/C23H22N2O5S/c1-4-7-15-10-14(11-18(30-3)20(15)26)12-19-21(27)25(5-2)23(31-19)24-17-9-6-8-16(13-17)22(28)29/h4,6,8-13,26H,1,5,7H2,2-3H3,(H,28,29)/p-1/b19-12+,24-23?. The zero-order chi connectivity index (χ0) is 22.5. The van der Waals surface area contributed by atoms with E-state index in [1.54, 1.807) is 36.4 Å². The van der Waals surface area contributed by atoms with Gasteiger partial charge in [0.2, 0.25) is 0 Å². The van der Waals surface area contributed by atoms with E-state index >= 15 is 0 Å². The van der Waals surface area contributed by atoms with Crippen molar-refractivity contribution in [2.75, 3.05) is 13.7 Å². The van der Waals surface area contributed by atoms with E-state index in [1.165, 1.54) is 35.9 Å². The summed E-state index contributed by atoms with van der Waals surface area (Å²) in [5.41, 5.74) is 1.76. The van der Waals surface area contributed by atoms with Gasteiger partial charge in [-0.25, -0.2) is 9.79 Å². The summed E-state index contributed by atoms with van der Waals surface area (Å²) in [5, 5.41) is 22.0. The number of amidine groups is 1. The molecule has 0 atom stereocenters. The number of thioether (sulfide) groups is 1. The lowest BCUT2D eigenvalue weighted by atomic mass is 10.1. The maximum Gasteiger partial charge on any atom is 0.335 e. The van der Waals surface area contributed by atoms with E-state index in [0.29, 0.717) is 39.9 Å². The molecule has 0 aromatic heterocycles. The summed E-state index contributed by atoms with van der Waals surface area (Å²) in [6, 6.07) is 9.53. The third-order valence-corrected chi connectivity index (χ3v) is 5.56. The number of carbonyl (C=O) groups is 2. The number of aliphatic imine (C=N–C) groups is 1. The number of aromatic carboxylic acids is 1. The Balaban J connectivity index is 1.99. The lowest BCUT2D eigenvalue weighted by Crippen LogP contribution is -2.28. The number of methoxy groups -OCH3 is 1. The lowest BCUT2D eigenvalue weighted by molar-refractivity contribution is -0.271. The normalized spacial score (nSPS) is 16.2. The molecule has 1 fully saturated rings. The first-order valence-corrected chi connectivity index (χ1v) is 10.3. The number of amides is 1. The fraction of sp³-hybridized carbons (Fsp3) is 0.174. The van der Waals surface area contributed by atoms with Crippen LogP contribution in [0, 0.1) is 0 Å². The number of carboxylic acid groups (broad SMARTS) is 1. The maximum absolute atomic E-state index is 12.9. The van der Waals surface area contributed by atoms with Crippen LogP contribution in [-0.2, 0) is 11.2 Å². The van der Waals surface area contributed by atoms with E-state index in [4.69, 9.17) is 4.74 Å². The highest BCUT2D eigenvalue weighted by Gasteiger charge is 2.32. The predicted octanol–water partition coefficient (Wildman–Crippen LogP) is 3.82. The zero-order valence-corrected chi connectivity index (χ0v) is 17.9. The third kappa shape index (κ3) is 4.80. The van der Waals surface area contributed by atoms with Gasteiger partial charge in [-0.1, -0.05) is 24.0 Å². The Morgan fingerprint density at radius 2 is 2.13 bits per heavy atom. The van der Waals surface area contributed by atoms with Gasteiger partial charge in [0.15, 0.2) is 5.17 Å². The van der Waals surface area contributed by atoms with Gasteiger partial charge in [-0.15, -0.1) is 6.58 Å². The molecule has 1 amide bonds. The van der Waals surface area contributed by atoms with Crippen LogP contribution in [0.2, 0.25) is 0 Å². The summed E-state index contributed by atoms with van der Waals surface area (Å²) in [4.78, 5) is 30.6. The van der Waals surface area contributed by atoms with Gasteiger partial charge in [0.1, 0.15) is 5.75 Å². The van der Waals surface area contributed by atoms with Crippen molar-refractivity contribution < 1.29 is 24.5 Å². The maximum atomic E-state index is 12.9. The smallest absolute Gasteiger partial charge is 0.335 e. The molecule has 0 radical (unpaired) electrons. The molecule has 1 aliphatic heterocycles. The number of rotatable bonds is 7. The van der Waals surface area contributed by atoms with Gasteiger partial charge in [0.05, 0.1) is 23.3 Å². The number of benzene rings is 2. The highest BCUT2D eigenvalue weighted by Crippen LogP contribution is 2.36. The van der Waals surface area contributed by atoms with Crippen LogP contribution in [0.5, 0.6) is 11.5 Å². The van der Waals surface area contributed by atoms with Crippen molar-refractivity contribution in [1.82, 2.24) is 4.90 Å². The number of likely N-dealkylation sites (N-methyl/N-ethyl adjacent to an activating group) is 1. The lowest BCUT2D eigenvalue weighted by Gasteiger charge is -2.18. The minimum absolute atomic E-state index is 0.120. The zero-order valence-electron chi connectivity index (χ0n) is 17.1. The van der Waals surface area contributed by atoms with Crippen LogP contribution >= 0.6 is 11.8 Å². The largest absolute Gasteiger partial charge is 0.870 e. The number of ether oxygens (including phenoxy) is 1. The second kappa shape index (κ2) is 9.53. The number of hydrogen-bond acceptors (Lipinski definition) is 6. The van der Waals surface area contributed by atoms with Crippen LogP contribution in [0.4, 0.5) is 5.69 Å². The molecule has 31 heavy (non-hydrogen) atoms. The molecule has 0 spiro atoms. The van der Waals surface area contributed by atoms with Crippen molar-refractivity contribution in [3.8, 4) is 11.5 Å². The third-order valence-electron chi connectivity index (χ3n) is 4.56. The number of carboxylic acids is 1. The van der Waals surface area contributed by atoms with Crippen molar-refractivity contribution in [2.45, 2.75) is 13.3 Å². The molecule has 160 valence electrons. The molecular weight excluding hydrogens is 416 g/mol. The van der Waals surface area contributed by atoms with Crippen LogP contribution in [0.25, 0.3) is 6.08 Å². The number of nitrogens with zero attached hydrogens (tertiary/aromatic N) is 2. The van der Waals surface area contributed by atoms with Crippen LogP contribution in [0.15, 0.2) is 59.0 Å². The molecule has 2 aromatic rings. The molecule has 3 rings (SSSR count). The summed E-state index contributed by atoms with van der Waals surface area (Å²) >= 11 is 1.19. The van der Waals surface area contributed by atoms with Crippen molar-refractivity contribution in [3.05, 3.63) is 70.6 Å². The van der Waals surface area contributed by atoms with Crippen molar-refractivity contribution in [3.63, 3.8) is 0 Å². The Labute approximate surface area is 184 Å². The SMILES string of the molecule is C=CCc1cc(/C=C2/SC(=Nc3cccc(C(=O)O)c3)N(CC)C2=O)cc(OC)c1[O-]. The predicted molar refractivity (Wildman–Crippen MR) is 120 cm³/mol. The molecule has 2 aromatic carbocycles. The number of hydrogen-bond donors (Lipinski definition) is 1. The van der Waals surface area contributed by atoms with Gasteiger partial charge in [-0.05, 0) is 66.6 Å². The van der Waals surface area contributed by atoms with Crippen molar-refractivity contribution in [2.24, 2.45) is 4.99 Å². The summed E-state index contributed by atoms with van der Waals surface area (Å²) in [7, 11) is 1.43. The van der Waals surface area contributed by atoms with Crippen molar-refractivity contribution in [1.29, 1.82) is 0 Å². The Bertz CT molecular complexity index is 1110. The summed E-state index contributed by atoms with van der Waals surface area (Å²) in [6.45, 7) is 5.92. The Hall–Kier alpha value is -3.52. The van der Waals surface area contributed by atoms with Gasteiger partial charge in [0.25, 0.3) is 5.91 Å². The highest BCUT2D eigenvalue weighted by molar-refractivity contribution is 8.18. The number of allylic oxidation sites excluding steroid dienone is 1. The van der Waals surface area contributed by atoms with Crippen LogP contribution in [0.1, 0.15) is 28.4 Å². The molecule has 0 bridgehead atoms. The van der Waals surface area contributed by atoms with E-state index in [0.717, 1.165) is 0 Å². The Morgan fingerprint density at radius 3 is 2.77 bits per heavy atom. The molecule has 0 aliphatic carbocycles. The quantitative estimate of drug-likeness (QED) is 0.522. The molecule has 1 heterocycles. The van der Waals surface area contributed by atoms with Gasteiger partial charge >= 0.3 is 5.97 Å². The van der Waals surface area contributed by atoms with E-state index in [9.17, 15) is 19.8 Å². The van der Waals surface area contributed by atoms with E-state index in [-0.39, 0.29) is 23.0 Å². The second-order valence-electron chi connectivity index (χ2n) is 6.61. The average molecular weight is 437 g/mol. The van der Waals surface area contributed by atoms with Crippen LogP contribution in [-0.4, -0.2) is 40.7 Å². The Morgan fingerprint density at radius 1 is 1.35 bits per heavy atom. The van der Waals surface area contributed by atoms with E-state index in [1.807, 2.05) is 6.92 Å². The number of carbonyl (C=O) groups excluding carboxylic acids is 1. The first-order chi connectivity index (χ1) is 14.9. The molecule has 0 saturated carbocycles.